The SMILES string of the molecule is NC(Cc1c[nH]c2ccccc12)C(=O)NC(Cc1cnc[nH]1)C(=O)NC(Cc1c[nH]c2ccccc12)C(=O)NC(Cc1c[nH]c2ccccc12)C(=O)O. The number of carbonyl (C=O) groups excluding carboxylic acids is 3. The molecule has 0 spiro atoms. The molecule has 0 aliphatic heterocycles. The molecule has 270 valence electrons. The molecule has 0 bridgehead atoms. The summed E-state index contributed by atoms with van der Waals surface area (Å²) in [6.07, 6.45) is 8.57. The average molecular weight is 714 g/mol. The summed E-state index contributed by atoms with van der Waals surface area (Å²) in [7, 11) is 0. The van der Waals surface area contributed by atoms with E-state index < -0.39 is 47.9 Å². The van der Waals surface area contributed by atoms with Gasteiger partial charge in [0.15, 0.2) is 0 Å². The monoisotopic (exact) mass is 713 g/mol. The Balaban J connectivity index is 1.12. The van der Waals surface area contributed by atoms with Crippen LogP contribution in [0.25, 0.3) is 32.7 Å². The van der Waals surface area contributed by atoms with E-state index >= 15 is 0 Å². The highest BCUT2D eigenvalue weighted by Gasteiger charge is 2.32. The molecule has 0 saturated heterocycles. The number of rotatable bonds is 15. The number of aromatic amines is 4. The second-order valence-electron chi connectivity index (χ2n) is 13.1. The van der Waals surface area contributed by atoms with Gasteiger partial charge in [0.1, 0.15) is 18.1 Å². The summed E-state index contributed by atoms with van der Waals surface area (Å²) < 4.78 is 0. The normalized spacial score (nSPS) is 13.8. The number of carbonyl (C=O) groups is 4. The van der Waals surface area contributed by atoms with Crippen molar-refractivity contribution in [2.45, 2.75) is 49.9 Å². The molecule has 4 unspecified atom stereocenters. The Bertz CT molecular complexity index is 2390. The molecule has 0 radical (unpaired) electrons. The lowest BCUT2D eigenvalue weighted by Crippen LogP contribution is -2.58. The summed E-state index contributed by atoms with van der Waals surface area (Å²) in [5.41, 5.74) is 11.9. The number of nitrogens with zero attached hydrogens (tertiary/aromatic N) is 1. The van der Waals surface area contributed by atoms with Crippen LogP contribution in [0.5, 0.6) is 0 Å². The Kier molecular flexibility index (Phi) is 10.0. The molecule has 4 aromatic heterocycles. The van der Waals surface area contributed by atoms with Crippen LogP contribution in [-0.4, -0.2) is 77.9 Å². The van der Waals surface area contributed by atoms with E-state index in [1.165, 1.54) is 12.5 Å². The third kappa shape index (κ3) is 7.82. The number of hydrogen-bond acceptors (Lipinski definition) is 6. The average Bonchev–Trinajstić information content (AvgIpc) is 3.99. The maximum absolute atomic E-state index is 14.1. The van der Waals surface area contributed by atoms with Crippen molar-refractivity contribution < 1.29 is 24.3 Å². The van der Waals surface area contributed by atoms with Crippen LogP contribution in [0, 0.1) is 0 Å². The Hall–Kier alpha value is -6.67. The molecule has 0 aliphatic rings. The van der Waals surface area contributed by atoms with Gasteiger partial charge < -0.3 is 46.7 Å². The fourth-order valence-electron chi connectivity index (χ4n) is 6.73. The van der Waals surface area contributed by atoms with Gasteiger partial charge >= 0.3 is 5.97 Å². The third-order valence-corrected chi connectivity index (χ3v) is 9.51. The molecule has 7 aromatic rings. The first-order chi connectivity index (χ1) is 25.7. The number of nitrogens with one attached hydrogen (secondary N) is 7. The molecular formula is C39H39N9O5. The molecule has 0 fully saturated rings. The molecular weight excluding hydrogens is 674 g/mol. The van der Waals surface area contributed by atoms with Gasteiger partial charge in [-0.2, -0.15) is 0 Å². The molecule has 0 aliphatic carbocycles. The van der Waals surface area contributed by atoms with Crippen molar-refractivity contribution in [3.05, 3.63) is 126 Å². The van der Waals surface area contributed by atoms with Crippen LogP contribution in [0.2, 0.25) is 0 Å². The van der Waals surface area contributed by atoms with Crippen LogP contribution in [0.15, 0.2) is 104 Å². The van der Waals surface area contributed by atoms with Gasteiger partial charge in [-0.05, 0) is 41.3 Å². The minimum atomic E-state index is -1.30. The van der Waals surface area contributed by atoms with E-state index in [0.29, 0.717) is 5.69 Å². The van der Waals surface area contributed by atoms with Gasteiger partial charge in [-0.25, -0.2) is 9.78 Å². The van der Waals surface area contributed by atoms with Crippen LogP contribution in [0.1, 0.15) is 22.4 Å². The van der Waals surface area contributed by atoms with Gasteiger partial charge in [-0.1, -0.05) is 54.6 Å². The summed E-state index contributed by atoms with van der Waals surface area (Å²) in [6.45, 7) is 0. The van der Waals surface area contributed by atoms with Crippen LogP contribution < -0.4 is 21.7 Å². The number of aromatic nitrogens is 5. The van der Waals surface area contributed by atoms with Gasteiger partial charge in [0.05, 0.1) is 12.4 Å². The number of fused-ring (bicyclic) bond motifs is 3. The summed E-state index contributed by atoms with van der Waals surface area (Å²) in [5, 5.41) is 21.1. The topological polar surface area (TPSA) is 227 Å². The van der Waals surface area contributed by atoms with E-state index in [-0.39, 0.29) is 25.7 Å². The van der Waals surface area contributed by atoms with E-state index in [4.69, 9.17) is 5.73 Å². The number of aliphatic carboxylic acids is 1. The standard InChI is InChI=1S/C39H39N9O5/c40-29(13-22-17-42-30-10-4-1-7-26(22)30)36(49)46-34(16-25-20-41-21-45-25)38(51)47-33(14-23-18-43-31-11-5-2-8-27(23)31)37(50)48-35(39(52)53)15-24-19-44-32-12-6-3-9-28(24)32/h1-12,17-21,29,33-35,42-44H,13-16,40H2,(H,41,45)(H,46,49)(H,47,51)(H,48,50)(H,52,53). The van der Waals surface area contributed by atoms with Gasteiger partial charge in [-0.15, -0.1) is 0 Å². The molecule has 14 heteroatoms. The molecule has 7 rings (SSSR count). The lowest BCUT2D eigenvalue weighted by molar-refractivity contribution is -0.142. The van der Waals surface area contributed by atoms with E-state index in [2.05, 4.69) is 40.9 Å². The summed E-state index contributed by atoms with van der Waals surface area (Å²) in [6, 6.07) is 18.0. The van der Waals surface area contributed by atoms with Crippen LogP contribution in [-0.2, 0) is 44.9 Å². The molecule has 0 saturated carbocycles. The Morgan fingerprint density at radius 1 is 0.585 bits per heavy atom. The smallest absolute Gasteiger partial charge is 0.326 e. The lowest BCUT2D eigenvalue weighted by atomic mass is 10.0. The predicted molar refractivity (Wildman–Crippen MR) is 200 cm³/mol. The number of carboxylic acids is 1. The molecule has 4 heterocycles. The van der Waals surface area contributed by atoms with Crippen molar-refractivity contribution in [3.63, 3.8) is 0 Å². The van der Waals surface area contributed by atoms with Crippen molar-refractivity contribution in [1.29, 1.82) is 0 Å². The van der Waals surface area contributed by atoms with E-state index in [1.54, 1.807) is 12.4 Å². The van der Waals surface area contributed by atoms with Crippen LogP contribution in [0.3, 0.4) is 0 Å². The highest BCUT2D eigenvalue weighted by molar-refractivity contribution is 5.95. The molecule has 4 atom stereocenters. The zero-order valence-corrected chi connectivity index (χ0v) is 28.6. The molecule has 10 N–H and O–H groups in total. The first kappa shape index (κ1) is 34.8. The summed E-state index contributed by atoms with van der Waals surface area (Å²) in [4.78, 5) is 70.7. The van der Waals surface area contributed by atoms with Gasteiger partial charge in [0.2, 0.25) is 17.7 Å². The highest BCUT2D eigenvalue weighted by atomic mass is 16.4. The predicted octanol–water partition coefficient (Wildman–Crippen LogP) is 2.99. The zero-order valence-electron chi connectivity index (χ0n) is 28.6. The first-order valence-electron chi connectivity index (χ1n) is 17.2. The number of carboxylic acid groups (broad SMARTS) is 1. The quantitative estimate of drug-likeness (QED) is 0.0771. The fraction of sp³-hybridized carbons (Fsp3) is 0.205. The zero-order chi connectivity index (χ0) is 36.9. The number of amides is 3. The summed E-state index contributed by atoms with van der Waals surface area (Å²) >= 11 is 0. The maximum atomic E-state index is 14.1. The van der Waals surface area contributed by atoms with Crippen molar-refractivity contribution in [2.75, 3.05) is 0 Å². The van der Waals surface area contributed by atoms with Gasteiger partial charge in [0, 0.05) is 82.5 Å². The van der Waals surface area contributed by atoms with E-state index in [1.807, 2.05) is 79.0 Å². The second-order valence-corrected chi connectivity index (χ2v) is 13.1. The van der Waals surface area contributed by atoms with Crippen molar-refractivity contribution in [1.82, 2.24) is 40.9 Å². The molecule has 14 nitrogen and oxygen atoms in total. The number of H-pyrrole nitrogens is 4. The third-order valence-electron chi connectivity index (χ3n) is 9.51. The molecule has 3 amide bonds. The first-order valence-corrected chi connectivity index (χ1v) is 17.2. The van der Waals surface area contributed by atoms with Crippen molar-refractivity contribution >= 4 is 56.4 Å². The number of hydrogen-bond donors (Lipinski definition) is 9. The Morgan fingerprint density at radius 3 is 1.51 bits per heavy atom. The van der Waals surface area contributed by atoms with Crippen molar-refractivity contribution in [2.24, 2.45) is 5.73 Å². The van der Waals surface area contributed by atoms with Gasteiger partial charge in [0.25, 0.3) is 0 Å². The lowest BCUT2D eigenvalue weighted by Gasteiger charge is -2.25. The van der Waals surface area contributed by atoms with Crippen LogP contribution >= 0.6 is 0 Å². The van der Waals surface area contributed by atoms with Gasteiger partial charge in [-0.3, -0.25) is 14.4 Å². The van der Waals surface area contributed by atoms with E-state index in [9.17, 15) is 24.3 Å². The summed E-state index contributed by atoms with van der Waals surface area (Å²) in [5.74, 6) is -3.14. The Morgan fingerprint density at radius 2 is 1.02 bits per heavy atom. The number of nitrogens with two attached hydrogens (primary N) is 1. The number of para-hydroxylation sites is 3. The maximum Gasteiger partial charge on any atom is 0.326 e. The number of imidazole rings is 1. The highest BCUT2D eigenvalue weighted by Crippen LogP contribution is 2.22. The van der Waals surface area contributed by atoms with Crippen molar-refractivity contribution in [3.8, 4) is 0 Å². The fourth-order valence-corrected chi connectivity index (χ4v) is 6.73. The largest absolute Gasteiger partial charge is 0.480 e. The second kappa shape index (κ2) is 15.3. The minimum Gasteiger partial charge on any atom is -0.480 e. The van der Waals surface area contributed by atoms with E-state index in [0.717, 1.165) is 49.4 Å². The number of benzene rings is 3. The molecule has 3 aromatic carbocycles. The minimum absolute atomic E-state index is 0.00562. The molecule has 53 heavy (non-hydrogen) atoms. The van der Waals surface area contributed by atoms with Crippen LogP contribution in [0.4, 0.5) is 0 Å². The Labute approximate surface area is 303 Å².